The number of nitrogens with one attached hydrogen (secondary N) is 1. The van der Waals surface area contributed by atoms with E-state index in [1.54, 1.807) is 97.3 Å². The molecule has 5 aromatic rings. The maximum absolute atomic E-state index is 15.4. The molecule has 40 heavy (non-hydrogen) atoms. The summed E-state index contributed by atoms with van der Waals surface area (Å²) in [7, 11) is 0. The summed E-state index contributed by atoms with van der Waals surface area (Å²) in [6.45, 7) is -0.282. The van der Waals surface area contributed by atoms with Crippen LogP contribution >= 0.6 is 34.8 Å². The third kappa shape index (κ3) is 6.54. The van der Waals surface area contributed by atoms with E-state index in [1.165, 1.54) is 0 Å². The van der Waals surface area contributed by atoms with Gasteiger partial charge in [-0.1, -0.05) is 95.5 Å². The van der Waals surface area contributed by atoms with Gasteiger partial charge in [0.15, 0.2) is 11.3 Å². The summed E-state index contributed by atoms with van der Waals surface area (Å²) in [6.07, 6.45) is 3.51. The molecule has 1 heterocycles. The van der Waals surface area contributed by atoms with Crippen molar-refractivity contribution in [1.29, 1.82) is 0 Å². The molecule has 0 aliphatic rings. The van der Waals surface area contributed by atoms with E-state index in [1.807, 2.05) is 12.1 Å². The van der Waals surface area contributed by atoms with E-state index in [4.69, 9.17) is 46.3 Å². The van der Waals surface area contributed by atoms with Gasteiger partial charge in [0, 0.05) is 39.9 Å². The first-order valence-electron chi connectivity index (χ1n) is 12.4. The topological polar surface area (TPSA) is 80.7 Å². The zero-order valence-electron chi connectivity index (χ0n) is 21.3. The number of nitrogens with zero attached hydrogens (tertiary/aromatic N) is 1. The third-order valence-electron chi connectivity index (χ3n) is 6.64. The lowest BCUT2D eigenvalue weighted by Gasteiger charge is -2.25. The number of rotatable bonds is 7. The van der Waals surface area contributed by atoms with Crippen LogP contribution in [0.4, 0.5) is 8.78 Å². The fraction of sp³-hybridized carbons (Fsp3) is 0.129. The van der Waals surface area contributed by atoms with Crippen molar-refractivity contribution in [2.75, 3.05) is 13.1 Å². The Morgan fingerprint density at radius 2 is 0.875 bits per heavy atom. The molecule has 0 aliphatic carbocycles. The van der Waals surface area contributed by atoms with Gasteiger partial charge in [0.05, 0.1) is 6.20 Å². The standard InChI is InChI=1S/C17H15ClFN3.C14H12Cl2FN/c18-16-7-5-15(6-8-16)17(19,11-20)14-3-1-12(2-4-14)13-9-21-22-10-13;15-12-5-1-10(2-6-12)14(17,9-18)11-3-7-13(16)8-4-11/h1-10H,11,20H2,(H,21,22);1-8H,9,18H2. The van der Waals surface area contributed by atoms with Crippen LogP contribution in [0, 0.1) is 0 Å². The molecular formula is C31H27Cl3F2N4. The Morgan fingerprint density at radius 1 is 0.550 bits per heavy atom. The summed E-state index contributed by atoms with van der Waals surface area (Å²) in [6, 6.07) is 27.1. The van der Waals surface area contributed by atoms with Crippen molar-refractivity contribution >= 4 is 34.8 Å². The van der Waals surface area contributed by atoms with Crippen LogP contribution in [0.2, 0.25) is 15.1 Å². The average Bonchev–Trinajstić information content (AvgIpc) is 3.53. The second kappa shape index (κ2) is 12.9. The van der Waals surface area contributed by atoms with Crippen LogP contribution in [0.3, 0.4) is 0 Å². The minimum Gasteiger partial charge on any atom is -0.327 e. The van der Waals surface area contributed by atoms with Crippen LogP contribution in [0.1, 0.15) is 22.3 Å². The molecule has 0 saturated carbocycles. The number of halogens is 5. The number of aromatic amines is 1. The number of aromatic nitrogens is 2. The Bertz CT molecular complexity index is 1450. The second-order valence-corrected chi connectivity index (χ2v) is 10.4. The van der Waals surface area contributed by atoms with Crippen molar-refractivity contribution in [3.8, 4) is 11.1 Å². The van der Waals surface area contributed by atoms with E-state index in [0.29, 0.717) is 37.3 Å². The highest BCUT2D eigenvalue weighted by Crippen LogP contribution is 2.35. The van der Waals surface area contributed by atoms with Crippen molar-refractivity contribution in [1.82, 2.24) is 10.2 Å². The number of benzene rings is 4. The summed E-state index contributed by atoms with van der Waals surface area (Å²) >= 11 is 17.5. The molecule has 4 nitrogen and oxygen atoms in total. The number of hydrogen-bond acceptors (Lipinski definition) is 3. The minimum absolute atomic E-state index is 0.139. The van der Waals surface area contributed by atoms with Crippen molar-refractivity contribution < 1.29 is 8.78 Å². The van der Waals surface area contributed by atoms with Crippen LogP contribution in [-0.4, -0.2) is 23.3 Å². The predicted octanol–water partition coefficient (Wildman–Crippen LogP) is 8.07. The number of H-pyrrole nitrogens is 1. The Hall–Kier alpha value is -3.26. The molecule has 0 amide bonds. The summed E-state index contributed by atoms with van der Waals surface area (Å²) in [5.41, 5.74) is 11.8. The van der Waals surface area contributed by atoms with Gasteiger partial charge in [0.25, 0.3) is 0 Å². The second-order valence-electron chi connectivity index (χ2n) is 9.10. The lowest BCUT2D eigenvalue weighted by molar-refractivity contribution is 0.232. The number of nitrogens with two attached hydrogens (primary N) is 2. The Balaban J connectivity index is 0.000000189. The van der Waals surface area contributed by atoms with Crippen molar-refractivity contribution in [3.63, 3.8) is 0 Å². The highest BCUT2D eigenvalue weighted by molar-refractivity contribution is 6.31. The lowest BCUT2D eigenvalue weighted by atomic mass is 9.87. The highest BCUT2D eigenvalue weighted by Gasteiger charge is 2.33. The van der Waals surface area contributed by atoms with Crippen LogP contribution in [0.25, 0.3) is 11.1 Å². The lowest BCUT2D eigenvalue weighted by Crippen LogP contribution is -2.31. The molecule has 4 aromatic carbocycles. The summed E-state index contributed by atoms with van der Waals surface area (Å²) < 4.78 is 30.4. The van der Waals surface area contributed by atoms with Gasteiger partial charge in [-0.2, -0.15) is 5.10 Å². The summed E-state index contributed by atoms with van der Waals surface area (Å²) in [5, 5.41) is 8.37. The van der Waals surface area contributed by atoms with Crippen LogP contribution in [0.15, 0.2) is 109 Å². The number of alkyl halides is 2. The molecule has 0 fully saturated rings. The van der Waals surface area contributed by atoms with Gasteiger partial charge in [-0.15, -0.1) is 0 Å². The Kier molecular flexibility index (Phi) is 9.61. The van der Waals surface area contributed by atoms with Crippen LogP contribution in [-0.2, 0) is 11.3 Å². The van der Waals surface area contributed by atoms with Gasteiger partial charge in [-0.3, -0.25) is 5.10 Å². The predicted molar refractivity (Wildman–Crippen MR) is 160 cm³/mol. The van der Waals surface area contributed by atoms with Crippen molar-refractivity contribution in [2.45, 2.75) is 11.3 Å². The van der Waals surface area contributed by atoms with Crippen LogP contribution in [0.5, 0.6) is 0 Å². The van der Waals surface area contributed by atoms with E-state index >= 15 is 8.78 Å². The first-order valence-corrected chi connectivity index (χ1v) is 13.5. The Morgan fingerprint density at radius 3 is 1.15 bits per heavy atom. The first kappa shape index (κ1) is 29.7. The normalized spacial score (nSPS) is 12.8. The van der Waals surface area contributed by atoms with Crippen molar-refractivity contribution in [2.24, 2.45) is 11.5 Å². The zero-order valence-corrected chi connectivity index (χ0v) is 23.6. The van der Waals surface area contributed by atoms with Gasteiger partial charge in [-0.25, -0.2) is 8.78 Å². The van der Waals surface area contributed by atoms with E-state index in [2.05, 4.69) is 10.2 Å². The third-order valence-corrected chi connectivity index (χ3v) is 7.40. The molecule has 5 N–H and O–H groups in total. The molecule has 0 spiro atoms. The largest absolute Gasteiger partial charge is 0.327 e. The van der Waals surface area contributed by atoms with E-state index in [9.17, 15) is 0 Å². The zero-order chi connectivity index (χ0) is 28.8. The van der Waals surface area contributed by atoms with Gasteiger partial charge in [0.1, 0.15) is 0 Å². The fourth-order valence-electron chi connectivity index (χ4n) is 4.28. The highest BCUT2D eigenvalue weighted by atomic mass is 35.5. The van der Waals surface area contributed by atoms with E-state index in [0.717, 1.165) is 11.1 Å². The SMILES string of the molecule is NCC(F)(c1ccc(Cl)cc1)c1ccc(-c2cn[nH]c2)cc1.NCC(F)(c1ccc(Cl)cc1)c1ccc(Cl)cc1. The number of hydrogen-bond donors (Lipinski definition) is 3. The first-order chi connectivity index (χ1) is 19.2. The molecule has 5 rings (SSSR count). The maximum Gasteiger partial charge on any atom is 0.173 e. The molecule has 9 heteroatoms. The molecule has 1 atom stereocenters. The summed E-state index contributed by atoms with van der Waals surface area (Å²) in [5.74, 6) is 0. The van der Waals surface area contributed by atoms with E-state index in [-0.39, 0.29) is 13.1 Å². The van der Waals surface area contributed by atoms with Crippen LogP contribution < -0.4 is 11.5 Å². The van der Waals surface area contributed by atoms with Gasteiger partial charge < -0.3 is 11.5 Å². The van der Waals surface area contributed by atoms with Gasteiger partial charge in [-0.05, 0) is 64.2 Å². The maximum atomic E-state index is 15.4. The monoisotopic (exact) mass is 598 g/mol. The van der Waals surface area contributed by atoms with Crippen molar-refractivity contribution in [3.05, 3.63) is 147 Å². The molecular weight excluding hydrogens is 573 g/mol. The molecule has 0 aliphatic heterocycles. The molecule has 0 saturated heterocycles. The molecule has 1 unspecified atom stereocenters. The quantitative estimate of drug-likeness (QED) is 0.177. The van der Waals surface area contributed by atoms with E-state index < -0.39 is 11.3 Å². The molecule has 0 radical (unpaired) electrons. The minimum atomic E-state index is -1.74. The smallest absolute Gasteiger partial charge is 0.173 e. The van der Waals surface area contributed by atoms with Gasteiger partial charge >= 0.3 is 0 Å². The molecule has 1 aromatic heterocycles. The average molecular weight is 600 g/mol. The van der Waals surface area contributed by atoms with Gasteiger partial charge in [0.2, 0.25) is 0 Å². The summed E-state index contributed by atoms with van der Waals surface area (Å²) in [4.78, 5) is 0. The molecule has 206 valence electrons. The fourth-order valence-corrected chi connectivity index (χ4v) is 4.66. The Labute approximate surface area is 246 Å². The molecule has 0 bridgehead atoms.